The molecule has 2 saturated carbocycles. The Labute approximate surface area is 195 Å². The first-order chi connectivity index (χ1) is 15.2. The standard InChI is InChI=1S/C26H33ClN2O3/c1-23-8-10-25(27)13-18-21(30)22(31)19(29(2)3)14-24(18)9-11-26(25,32-24)20(23)7-6-17(23)16-5-4-12-28-15-16/h4-6,12-13,15,19-22,30-31H,7-11,14H2,1-3H3. The summed E-state index contributed by atoms with van der Waals surface area (Å²) >= 11 is 7.47. The van der Waals surface area contributed by atoms with Gasteiger partial charge in [0.1, 0.15) is 6.10 Å². The molecule has 0 radical (unpaired) electrons. The zero-order valence-electron chi connectivity index (χ0n) is 19.1. The van der Waals surface area contributed by atoms with Crippen LogP contribution in [0.4, 0.5) is 0 Å². The number of pyridine rings is 1. The minimum absolute atomic E-state index is 0.0218. The highest BCUT2D eigenvalue weighted by Gasteiger charge is 2.73. The molecule has 3 heterocycles. The first kappa shape index (κ1) is 21.3. The highest BCUT2D eigenvalue weighted by Crippen LogP contribution is 2.71. The minimum Gasteiger partial charge on any atom is -0.388 e. The predicted octanol–water partition coefficient (Wildman–Crippen LogP) is 3.55. The number of aliphatic hydroxyl groups is 2. The summed E-state index contributed by atoms with van der Waals surface area (Å²) in [6.45, 7) is 2.38. The van der Waals surface area contributed by atoms with Crippen molar-refractivity contribution < 1.29 is 14.9 Å². The molecule has 1 aromatic rings. The smallest absolute Gasteiger partial charge is 0.105 e. The Balaban J connectivity index is 1.44. The number of fused-ring (bicyclic) bond motifs is 1. The van der Waals surface area contributed by atoms with Gasteiger partial charge in [-0.2, -0.15) is 0 Å². The fraction of sp³-hybridized carbons (Fsp3) is 0.654. The fourth-order valence-corrected chi connectivity index (χ4v) is 8.43. The van der Waals surface area contributed by atoms with Gasteiger partial charge in [-0.15, -0.1) is 11.6 Å². The Morgan fingerprint density at radius 2 is 2.00 bits per heavy atom. The van der Waals surface area contributed by atoms with Gasteiger partial charge in [0.05, 0.1) is 22.2 Å². The third-order valence-corrected chi connectivity index (χ3v) is 10.2. The van der Waals surface area contributed by atoms with Crippen LogP contribution in [0.2, 0.25) is 0 Å². The van der Waals surface area contributed by atoms with Crippen LogP contribution in [0.3, 0.4) is 0 Å². The van der Waals surface area contributed by atoms with Gasteiger partial charge in [-0.25, -0.2) is 0 Å². The number of likely N-dealkylation sites (N-methyl/N-ethyl adjacent to an activating group) is 1. The lowest BCUT2D eigenvalue weighted by Gasteiger charge is -2.61. The number of nitrogens with zero attached hydrogens (tertiary/aromatic N) is 2. The molecule has 5 nitrogen and oxygen atoms in total. The second-order valence-corrected chi connectivity index (χ2v) is 11.9. The molecule has 3 aliphatic carbocycles. The van der Waals surface area contributed by atoms with Crippen molar-refractivity contribution in [1.29, 1.82) is 0 Å². The third kappa shape index (κ3) is 2.47. The van der Waals surface area contributed by atoms with E-state index in [-0.39, 0.29) is 17.4 Å². The highest BCUT2D eigenvalue weighted by atomic mass is 35.5. The molecule has 5 aliphatic rings. The van der Waals surface area contributed by atoms with Gasteiger partial charge in [-0.05, 0) is 80.8 Å². The molecular weight excluding hydrogens is 424 g/mol. The number of hydrogen-bond donors (Lipinski definition) is 2. The van der Waals surface area contributed by atoms with Gasteiger partial charge in [-0.3, -0.25) is 4.98 Å². The van der Waals surface area contributed by atoms with Gasteiger partial charge in [0.15, 0.2) is 0 Å². The lowest BCUT2D eigenvalue weighted by Crippen LogP contribution is -2.68. The van der Waals surface area contributed by atoms with Crippen LogP contribution in [0.25, 0.3) is 5.57 Å². The van der Waals surface area contributed by atoms with Crippen molar-refractivity contribution in [3.63, 3.8) is 0 Å². The molecule has 1 saturated heterocycles. The summed E-state index contributed by atoms with van der Waals surface area (Å²) in [7, 11) is 3.92. The van der Waals surface area contributed by atoms with Gasteiger partial charge in [0, 0.05) is 24.4 Å². The quantitative estimate of drug-likeness (QED) is 0.526. The van der Waals surface area contributed by atoms with Crippen LogP contribution in [0.15, 0.2) is 42.3 Å². The summed E-state index contributed by atoms with van der Waals surface area (Å²) in [4.78, 5) is 5.72. The minimum atomic E-state index is -0.941. The number of allylic oxidation sites excluding steroid dienone is 2. The predicted molar refractivity (Wildman–Crippen MR) is 124 cm³/mol. The summed E-state index contributed by atoms with van der Waals surface area (Å²) in [5.41, 5.74) is 2.35. The molecule has 2 bridgehead atoms. The maximum absolute atomic E-state index is 11.1. The second-order valence-electron chi connectivity index (χ2n) is 11.2. The average molecular weight is 457 g/mol. The molecule has 0 aromatic carbocycles. The van der Waals surface area contributed by atoms with Crippen LogP contribution >= 0.6 is 11.6 Å². The van der Waals surface area contributed by atoms with Crippen molar-refractivity contribution in [2.75, 3.05) is 14.1 Å². The molecule has 6 heteroatoms. The van der Waals surface area contributed by atoms with Crippen molar-refractivity contribution in [3.05, 3.63) is 47.8 Å². The van der Waals surface area contributed by atoms with Crippen LogP contribution in [0, 0.1) is 11.3 Å². The summed E-state index contributed by atoms with van der Waals surface area (Å²) in [5.74, 6) is 0.274. The first-order valence-electron chi connectivity index (χ1n) is 11.9. The zero-order chi connectivity index (χ0) is 22.5. The van der Waals surface area contributed by atoms with Gasteiger partial charge in [-0.1, -0.05) is 25.1 Å². The molecule has 3 fully saturated rings. The molecule has 6 rings (SSSR count). The van der Waals surface area contributed by atoms with E-state index < -0.39 is 28.3 Å². The Bertz CT molecular complexity index is 1010. The van der Waals surface area contributed by atoms with Crippen LogP contribution in [0.1, 0.15) is 51.0 Å². The van der Waals surface area contributed by atoms with Gasteiger partial charge >= 0.3 is 0 Å². The van der Waals surface area contributed by atoms with Crippen LogP contribution in [-0.4, -0.2) is 68.5 Å². The summed E-state index contributed by atoms with van der Waals surface area (Å²) in [6, 6.07) is 4.01. The van der Waals surface area contributed by atoms with Crippen molar-refractivity contribution >= 4 is 17.2 Å². The highest BCUT2D eigenvalue weighted by molar-refractivity contribution is 6.26. The Morgan fingerprint density at radius 1 is 1.19 bits per heavy atom. The third-order valence-electron chi connectivity index (χ3n) is 9.62. The molecule has 8 atom stereocenters. The van der Waals surface area contributed by atoms with Gasteiger partial charge in [0.25, 0.3) is 0 Å². The molecule has 2 N–H and O–H groups in total. The molecular formula is C26H33ClN2O3. The number of aromatic nitrogens is 1. The van der Waals surface area contributed by atoms with Gasteiger partial charge < -0.3 is 19.8 Å². The SMILES string of the molecule is CN(C)C1CC23CCC4(O2)C2CC=C(c5cccnc5)C2(C)CCC4(Cl)C=C3C(O)C1O. The van der Waals surface area contributed by atoms with E-state index in [0.29, 0.717) is 6.42 Å². The van der Waals surface area contributed by atoms with Crippen molar-refractivity contribution in [1.82, 2.24) is 9.88 Å². The maximum atomic E-state index is 11.1. The van der Waals surface area contributed by atoms with Gasteiger partial charge in [0.2, 0.25) is 0 Å². The number of rotatable bonds is 2. The topological polar surface area (TPSA) is 65.8 Å². The van der Waals surface area contributed by atoms with Crippen LogP contribution < -0.4 is 0 Å². The Hall–Kier alpha value is -1.24. The maximum Gasteiger partial charge on any atom is 0.105 e. The van der Waals surface area contributed by atoms with E-state index in [0.717, 1.165) is 37.7 Å². The Kier molecular flexibility index (Phi) is 4.44. The van der Waals surface area contributed by atoms with E-state index in [1.807, 2.05) is 37.5 Å². The lowest BCUT2D eigenvalue weighted by atomic mass is 9.54. The number of halogens is 1. The summed E-state index contributed by atoms with van der Waals surface area (Å²) < 4.78 is 7.20. The molecule has 32 heavy (non-hydrogen) atoms. The first-order valence-corrected chi connectivity index (χ1v) is 12.3. The molecule has 2 aliphatic heterocycles. The molecule has 172 valence electrons. The van der Waals surface area contributed by atoms with E-state index in [1.165, 1.54) is 11.1 Å². The number of alkyl halides is 1. The second kappa shape index (κ2) is 6.67. The van der Waals surface area contributed by atoms with E-state index >= 15 is 0 Å². The number of hydrogen-bond acceptors (Lipinski definition) is 5. The average Bonchev–Trinajstić information content (AvgIpc) is 3.30. The normalized spacial score (nSPS) is 49.2. The number of aliphatic hydroxyl groups excluding tert-OH is 2. The zero-order valence-corrected chi connectivity index (χ0v) is 19.8. The van der Waals surface area contributed by atoms with E-state index in [2.05, 4.69) is 30.1 Å². The van der Waals surface area contributed by atoms with Crippen molar-refractivity contribution in [2.45, 2.75) is 79.8 Å². The molecule has 8 unspecified atom stereocenters. The number of ether oxygens (including phenoxy) is 1. The Morgan fingerprint density at radius 3 is 2.72 bits per heavy atom. The van der Waals surface area contributed by atoms with Crippen LogP contribution in [-0.2, 0) is 4.74 Å². The molecule has 2 spiro atoms. The van der Waals surface area contributed by atoms with Crippen molar-refractivity contribution in [2.24, 2.45) is 11.3 Å². The fourth-order valence-electron chi connectivity index (χ4n) is 7.95. The van der Waals surface area contributed by atoms with Crippen LogP contribution in [0.5, 0.6) is 0 Å². The lowest BCUT2D eigenvalue weighted by molar-refractivity contribution is -0.199. The largest absolute Gasteiger partial charge is 0.388 e. The molecule has 1 aromatic heterocycles. The summed E-state index contributed by atoms with van der Waals surface area (Å²) in [5, 5.41) is 22.0. The summed E-state index contributed by atoms with van der Waals surface area (Å²) in [6.07, 6.45) is 11.6. The molecule has 0 amide bonds. The van der Waals surface area contributed by atoms with Crippen molar-refractivity contribution in [3.8, 4) is 0 Å². The van der Waals surface area contributed by atoms with E-state index in [9.17, 15) is 10.2 Å². The monoisotopic (exact) mass is 456 g/mol. The van der Waals surface area contributed by atoms with E-state index in [4.69, 9.17) is 16.3 Å². The van der Waals surface area contributed by atoms with E-state index in [1.54, 1.807) is 0 Å².